The summed E-state index contributed by atoms with van der Waals surface area (Å²) in [6.45, 7) is 6.91. The number of amides is 1. The molecule has 2 heterocycles. The van der Waals surface area contributed by atoms with Gasteiger partial charge in [0.2, 0.25) is 5.91 Å². The lowest BCUT2D eigenvalue weighted by atomic mass is 9.96. The average molecular weight is 490 g/mol. The zero-order chi connectivity index (χ0) is 24.8. The number of hydrogen-bond acceptors (Lipinski definition) is 6. The zero-order valence-electron chi connectivity index (χ0n) is 20.2. The quantitative estimate of drug-likeness (QED) is 0.321. The molecule has 1 aliphatic heterocycles. The number of aromatic nitrogens is 2. The van der Waals surface area contributed by atoms with Crippen LogP contribution < -0.4 is 5.56 Å². The van der Waals surface area contributed by atoms with E-state index >= 15 is 0 Å². The molecule has 0 spiro atoms. The van der Waals surface area contributed by atoms with Crippen molar-refractivity contribution in [2.75, 3.05) is 19.7 Å². The third kappa shape index (κ3) is 6.05. The fraction of sp³-hybridized carbons (Fsp3) is 0.520. The number of piperidine rings is 1. The van der Waals surface area contributed by atoms with Crippen LogP contribution in [0.5, 0.6) is 0 Å². The van der Waals surface area contributed by atoms with E-state index < -0.39 is 0 Å². The largest absolute Gasteiger partial charge is 0.466 e. The van der Waals surface area contributed by atoms with E-state index in [1.54, 1.807) is 37.9 Å². The Labute approximate surface area is 203 Å². The first-order valence-electron chi connectivity index (χ1n) is 11.7. The molecule has 34 heavy (non-hydrogen) atoms. The van der Waals surface area contributed by atoms with Crippen LogP contribution in [0.3, 0.4) is 0 Å². The molecule has 0 aliphatic carbocycles. The van der Waals surface area contributed by atoms with Gasteiger partial charge < -0.3 is 9.64 Å². The minimum Gasteiger partial charge on any atom is -0.466 e. The molecule has 3 rings (SSSR count). The Kier molecular flexibility index (Phi) is 8.88. The number of carbonyl (C=O) groups excluding carboxylic acids is 2. The van der Waals surface area contributed by atoms with Crippen LogP contribution in [-0.4, -0.2) is 51.3 Å². The van der Waals surface area contributed by atoms with Crippen LogP contribution in [0.2, 0.25) is 0 Å². The minimum absolute atomic E-state index is 0.00269. The van der Waals surface area contributed by atoms with Crippen LogP contribution in [0.25, 0.3) is 0 Å². The van der Waals surface area contributed by atoms with E-state index in [0.717, 1.165) is 5.56 Å². The number of carbonyl (C=O) groups is 2. The highest BCUT2D eigenvalue weighted by atomic mass is 32.2. The van der Waals surface area contributed by atoms with Crippen molar-refractivity contribution in [1.82, 2.24) is 14.5 Å². The minimum atomic E-state index is -0.375. The van der Waals surface area contributed by atoms with Crippen LogP contribution in [0.1, 0.15) is 49.9 Å². The molecule has 184 valence electrons. The van der Waals surface area contributed by atoms with Crippen molar-refractivity contribution in [2.24, 2.45) is 13.0 Å². The van der Waals surface area contributed by atoms with Crippen LogP contribution in [0.15, 0.2) is 34.2 Å². The second-order valence-corrected chi connectivity index (χ2v) is 9.66. The van der Waals surface area contributed by atoms with Gasteiger partial charge in [-0.05, 0) is 50.8 Å². The van der Waals surface area contributed by atoms with Crippen LogP contribution in [0, 0.1) is 18.7 Å². The van der Waals surface area contributed by atoms with E-state index in [4.69, 9.17) is 4.74 Å². The second-order valence-electron chi connectivity index (χ2n) is 8.49. The number of likely N-dealkylation sites (tertiary alicyclic amines) is 1. The Morgan fingerprint density at radius 1 is 1.21 bits per heavy atom. The van der Waals surface area contributed by atoms with Gasteiger partial charge in [-0.2, -0.15) is 0 Å². The summed E-state index contributed by atoms with van der Waals surface area (Å²) < 4.78 is 19.8. The van der Waals surface area contributed by atoms with Crippen molar-refractivity contribution in [3.63, 3.8) is 0 Å². The Morgan fingerprint density at radius 3 is 2.44 bits per heavy atom. The number of thioether (sulfide) groups is 1. The van der Waals surface area contributed by atoms with E-state index in [1.807, 2.05) is 6.92 Å². The van der Waals surface area contributed by atoms with Crippen molar-refractivity contribution in [1.29, 1.82) is 0 Å². The van der Waals surface area contributed by atoms with Crippen molar-refractivity contribution in [3.05, 3.63) is 57.3 Å². The van der Waals surface area contributed by atoms with Gasteiger partial charge in [0.05, 0.1) is 17.8 Å². The smallest absolute Gasteiger partial charge is 0.309 e. The lowest BCUT2D eigenvalue weighted by Crippen LogP contribution is -2.44. The molecular weight excluding hydrogens is 457 g/mol. The second kappa shape index (κ2) is 11.6. The maximum Gasteiger partial charge on any atom is 0.309 e. The highest BCUT2D eigenvalue weighted by molar-refractivity contribution is 8.00. The first kappa shape index (κ1) is 25.9. The summed E-state index contributed by atoms with van der Waals surface area (Å²) in [4.78, 5) is 44.7. The molecule has 0 radical (unpaired) electrons. The lowest BCUT2D eigenvalue weighted by Gasteiger charge is -2.33. The van der Waals surface area contributed by atoms with Gasteiger partial charge in [0.25, 0.3) is 5.56 Å². The predicted molar refractivity (Wildman–Crippen MR) is 129 cm³/mol. The summed E-state index contributed by atoms with van der Waals surface area (Å²) in [7, 11) is 1.66. The van der Waals surface area contributed by atoms with E-state index in [9.17, 15) is 18.8 Å². The van der Waals surface area contributed by atoms with Crippen molar-refractivity contribution in [3.8, 4) is 0 Å². The Morgan fingerprint density at radius 2 is 1.85 bits per heavy atom. The zero-order valence-corrected chi connectivity index (χ0v) is 21.0. The number of benzene rings is 1. The number of aryl methyl sites for hydroxylation is 1. The Bertz CT molecular complexity index is 1080. The first-order valence-corrected chi connectivity index (χ1v) is 12.6. The molecule has 1 unspecified atom stereocenters. The van der Waals surface area contributed by atoms with Crippen molar-refractivity contribution in [2.45, 2.75) is 56.9 Å². The van der Waals surface area contributed by atoms with Gasteiger partial charge in [0.15, 0.2) is 5.16 Å². The van der Waals surface area contributed by atoms with Gasteiger partial charge >= 0.3 is 5.97 Å². The maximum atomic E-state index is 13.2. The van der Waals surface area contributed by atoms with Gasteiger partial charge in [0, 0.05) is 37.8 Å². The molecule has 1 fully saturated rings. The summed E-state index contributed by atoms with van der Waals surface area (Å²) in [6.07, 6.45) is 2.15. The third-order valence-electron chi connectivity index (χ3n) is 6.16. The molecule has 0 N–H and O–H groups in total. The van der Waals surface area contributed by atoms with Crippen LogP contribution >= 0.6 is 11.8 Å². The molecule has 1 aromatic carbocycles. The van der Waals surface area contributed by atoms with Gasteiger partial charge in [-0.25, -0.2) is 9.37 Å². The SMILES string of the molecule is CCOC(=O)C1CCN(C(=O)C(CC)Sc2nc(C)c(Cc3ccc(F)cc3)c(=O)n2C)CC1. The fourth-order valence-electron chi connectivity index (χ4n) is 4.08. The molecule has 7 nitrogen and oxygen atoms in total. The molecule has 1 aliphatic rings. The number of halogens is 1. The topological polar surface area (TPSA) is 81.5 Å². The van der Waals surface area contributed by atoms with Crippen molar-refractivity contribution >= 4 is 23.6 Å². The standard InChI is InChI=1S/C25H32FN3O4S/c1-5-21(23(31)29-13-11-18(12-14-29)24(32)33-6-2)34-25-27-16(3)20(22(30)28(25)4)15-17-7-9-19(26)10-8-17/h7-10,18,21H,5-6,11-15H2,1-4H3. The van der Waals surface area contributed by atoms with E-state index in [-0.39, 0.29) is 34.4 Å². The number of hydrogen-bond donors (Lipinski definition) is 0. The fourth-order valence-corrected chi connectivity index (χ4v) is 5.18. The lowest BCUT2D eigenvalue weighted by molar-refractivity contribution is -0.151. The molecule has 0 bridgehead atoms. The van der Waals surface area contributed by atoms with E-state index in [1.165, 1.54) is 28.5 Å². The summed E-state index contributed by atoms with van der Waals surface area (Å²) in [5.41, 5.74) is 1.82. The predicted octanol–water partition coefficient (Wildman–Crippen LogP) is 3.49. The molecule has 1 saturated heterocycles. The van der Waals surface area contributed by atoms with E-state index in [0.29, 0.717) is 61.8 Å². The molecule has 0 saturated carbocycles. The number of rotatable bonds is 8. The third-order valence-corrected chi connectivity index (χ3v) is 7.56. The van der Waals surface area contributed by atoms with E-state index in [2.05, 4.69) is 4.98 Å². The number of ether oxygens (including phenoxy) is 1. The van der Waals surface area contributed by atoms with Gasteiger partial charge in [-0.15, -0.1) is 0 Å². The van der Waals surface area contributed by atoms with Crippen molar-refractivity contribution < 1.29 is 18.7 Å². The normalized spacial score (nSPS) is 15.3. The molecular formula is C25H32FN3O4S. The average Bonchev–Trinajstić information content (AvgIpc) is 2.84. The van der Waals surface area contributed by atoms with Crippen LogP contribution in [0.4, 0.5) is 4.39 Å². The van der Waals surface area contributed by atoms with Gasteiger partial charge in [-0.3, -0.25) is 19.0 Å². The Balaban J connectivity index is 1.71. The Hall–Kier alpha value is -2.68. The van der Waals surface area contributed by atoms with Gasteiger partial charge in [0.1, 0.15) is 5.82 Å². The number of esters is 1. The molecule has 1 amide bonds. The summed E-state index contributed by atoms with van der Waals surface area (Å²) in [5, 5.41) is 0.117. The summed E-state index contributed by atoms with van der Waals surface area (Å²) in [5.74, 6) is -0.669. The van der Waals surface area contributed by atoms with Crippen LogP contribution in [-0.2, 0) is 27.8 Å². The summed E-state index contributed by atoms with van der Waals surface area (Å²) in [6, 6.07) is 6.07. The highest BCUT2D eigenvalue weighted by Gasteiger charge is 2.32. The monoisotopic (exact) mass is 489 g/mol. The first-order chi connectivity index (χ1) is 16.2. The molecule has 2 aromatic rings. The summed E-state index contributed by atoms with van der Waals surface area (Å²) >= 11 is 1.30. The maximum absolute atomic E-state index is 13.2. The number of nitrogens with zero attached hydrogens (tertiary/aromatic N) is 3. The molecule has 9 heteroatoms. The highest BCUT2D eigenvalue weighted by Crippen LogP contribution is 2.27. The molecule has 1 atom stereocenters. The van der Waals surface area contributed by atoms with Gasteiger partial charge in [-0.1, -0.05) is 30.8 Å². The molecule has 1 aromatic heterocycles.